The Kier molecular flexibility index (Phi) is 7.67. The zero-order chi connectivity index (χ0) is 21.9. The molecule has 0 saturated carbocycles. The van der Waals surface area contributed by atoms with E-state index in [4.69, 9.17) is 18.5 Å². The predicted molar refractivity (Wildman–Crippen MR) is 108 cm³/mol. The minimum absolute atomic E-state index is 0.244. The first kappa shape index (κ1) is 23.3. The Morgan fingerprint density at radius 1 is 1.30 bits per heavy atom. The molecule has 170 valence electrons. The van der Waals surface area contributed by atoms with Crippen molar-refractivity contribution in [3.05, 3.63) is 33.1 Å². The van der Waals surface area contributed by atoms with Gasteiger partial charge in [-0.05, 0) is 26.8 Å². The summed E-state index contributed by atoms with van der Waals surface area (Å²) < 4.78 is 36.5. The summed E-state index contributed by atoms with van der Waals surface area (Å²) in [6.07, 6.45) is -1.30. The van der Waals surface area contributed by atoms with Crippen molar-refractivity contribution < 1.29 is 28.2 Å². The van der Waals surface area contributed by atoms with E-state index in [0.29, 0.717) is 39.3 Å². The van der Waals surface area contributed by atoms with Gasteiger partial charge in [0.05, 0.1) is 18.9 Å². The first-order chi connectivity index (χ1) is 14.3. The third kappa shape index (κ3) is 4.77. The summed E-state index contributed by atoms with van der Waals surface area (Å²) in [4.78, 5) is 27.7. The number of rotatable bonds is 9. The second-order valence-electron chi connectivity index (χ2n) is 7.35. The fourth-order valence-electron chi connectivity index (χ4n) is 4.07. The third-order valence-corrected chi connectivity index (χ3v) is 8.01. The van der Waals surface area contributed by atoms with E-state index in [9.17, 15) is 19.3 Å². The van der Waals surface area contributed by atoms with Gasteiger partial charge >= 0.3 is 13.3 Å². The van der Waals surface area contributed by atoms with Gasteiger partial charge in [-0.15, -0.1) is 0 Å². The molecule has 2 aliphatic heterocycles. The molecular formula is C18H30N3O8P. The molecular weight excluding hydrogens is 417 g/mol. The number of hydrogen-bond donors (Lipinski definition) is 2. The first-order valence-electron chi connectivity index (χ1n) is 10.1. The highest BCUT2D eigenvalue weighted by Crippen LogP contribution is 2.55. The van der Waals surface area contributed by atoms with Gasteiger partial charge in [-0.1, -0.05) is 0 Å². The van der Waals surface area contributed by atoms with Crippen molar-refractivity contribution in [3.63, 3.8) is 0 Å². The highest BCUT2D eigenvalue weighted by molar-refractivity contribution is 7.54. The zero-order valence-corrected chi connectivity index (χ0v) is 18.3. The molecule has 0 aliphatic carbocycles. The van der Waals surface area contributed by atoms with Crippen LogP contribution in [0.1, 0.15) is 26.5 Å². The molecule has 0 aromatic carbocycles. The summed E-state index contributed by atoms with van der Waals surface area (Å²) in [7, 11) is -1.78. The van der Waals surface area contributed by atoms with E-state index in [1.54, 1.807) is 13.8 Å². The SMILES string of the molecule is CCOP(=O)(OCC)C1CCN(C[C@H]2O[C@@H](n3ccc(=O)[nH]c3=O)[C@H](OC)[C@@H]2O)C1. The quantitative estimate of drug-likeness (QED) is 0.508. The largest absolute Gasteiger partial charge is 0.387 e. The Labute approximate surface area is 174 Å². The number of aromatic nitrogens is 2. The number of aliphatic hydroxyl groups excluding tert-OH is 1. The molecule has 0 amide bonds. The monoisotopic (exact) mass is 447 g/mol. The van der Waals surface area contributed by atoms with Gasteiger partial charge in [0.15, 0.2) is 6.23 Å². The average Bonchev–Trinajstić information content (AvgIpc) is 3.28. The molecule has 0 bridgehead atoms. The molecule has 2 saturated heterocycles. The lowest BCUT2D eigenvalue weighted by Gasteiger charge is -2.25. The maximum Gasteiger partial charge on any atom is 0.335 e. The van der Waals surface area contributed by atoms with Crippen LogP contribution in [0.4, 0.5) is 0 Å². The normalized spacial score (nSPS) is 30.2. The lowest BCUT2D eigenvalue weighted by Crippen LogP contribution is -2.40. The minimum Gasteiger partial charge on any atom is -0.387 e. The Hall–Kier alpha value is -1.33. The third-order valence-electron chi connectivity index (χ3n) is 5.46. The van der Waals surface area contributed by atoms with Gasteiger partial charge in [0.25, 0.3) is 5.56 Å². The zero-order valence-electron chi connectivity index (χ0n) is 17.4. The Bertz CT molecular complexity index is 863. The van der Waals surface area contributed by atoms with Crippen molar-refractivity contribution in [1.82, 2.24) is 14.5 Å². The van der Waals surface area contributed by atoms with Gasteiger partial charge < -0.3 is 23.6 Å². The van der Waals surface area contributed by atoms with Crippen LogP contribution in [0.25, 0.3) is 0 Å². The van der Waals surface area contributed by atoms with Crippen LogP contribution in [0.2, 0.25) is 0 Å². The van der Waals surface area contributed by atoms with Crippen LogP contribution < -0.4 is 11.2 Å². The Morgan fingerprint density at radius 2 is 2.00 bits per heavy atom. The second-order valence-corrected chi connectivity index (χ2v) is 9.68. The summed E-state index contributed by atoms with van der Waals surface area (Å²) in [5.41, 5.74) is -1.40. The van der Waals surface area contributed by atoms with Gasteiger partial charge in [-0.3, -0.25) is 23.8 Å². The molecule has 2 fully saturated rings. The lowest BCUT2D eigenvalue weighted by atomic mass is 10.1. The molecule has 3 rings (SSSR count). The molecule has 1 unspecified atom stereocenters. The number of hydrogen-bond acceptors (Lipinski definition) is 9. The van der Waals surface area contributed by atoms with Gasteiger partial charge in [0.1, 0.15) is 18.3 Å². The Morgan fingerprint density at radius 3 is 2.60 bits per heavy atom. The number of ether oxygens (including phenoxy) is 2. The number of nitrogens with zero attached hydrogens (tertiary/aromatic N) is 2. The average molecular weight is 447 g/mol. The Balaban J connectivity index is 1.69. The van der Waals surface area contributed by atoms with Crippen molar-refractivity contribution in [2.24, 2.45) is 0 Å². The van der Waals surface area contributed by atoms with Gasteiger partial charge in [0.2, 0.25) is 0 Å². The summed E-state index contributed by atoms with van der Waals surface area (Å²) in [5.74, 6) is 0. The molecule has 0 spiro atoms. The van der Waals surface area contributed by atoms with Crippen LogP contribution in [-0.2, 0) is 23.1 Å². The molecule has 3 heterocycles. The lowest BCUT2D eigenvalue weighted by molar-refractivity contribution is -0.0575. The molecule has 11 nitrogen and oxygen atoms in total. The van der Waals surface area contributed by atoms with Crippen LogP contribution >= 0.6 is 7.60 Å². The van der Waals surface area contributed by atoms with E-state index >= 15 is 0 Å². The van der Waals surface area contributed by atoms with Crippen molar-refractivity contribution >= 4 is 7.60 Å². The number of methoxy groups -OCH3 is 1. The van der Waals surface area contributed by atoms with E-state index in [1.807, 2.05) is 4.90 Å². The molecule has 5 atom stereocenters. The topological polar surface area (TPSA) is 132 Å². The molecule has 0 radical (unpaired) electrons. The smallest absolute Gasteiger partial charge is 0.335 e. The number of aromatic amines is 1. The molecule has 2 N–H and O–H groups in total. The summed E-state index contributed by atoms with van der Waals surface area (Å²) in [5, 5.41) is 10.7. The van der Waals surface area contributed by atoms with Crippen LogP contribution in [0.5, 0.6) is 0 Å². The number of H-pyrrole nitrogens is 1. The number of likely N-dealkylation sites (tertiary alicyclic amines) is 1. The van der Waals surface area contributed by atoms with Crippen molar-refractivity contribution in [2.75, 3.05) is 40.0 Å². The van der Waals surface area contributed by atoms with Crippen molar-refractivity contribution in [3.8, 4) is 0 Å². The predicted octanol–water partition coefficient (Wildman–Crippen LogP) is 0.150. The summed E-state index contributed by atoms with van der Waals surface area (Å²) in [6.45, 7) is 5.69. The van der Waals surface area contributed by atoms with E-state index in [2.05, 4.69) is 4.98 Å². The van der Waals surface area contributed by atoms with Crippen LogP contribution in [0.3, 0.4) is 0 Å². The van der Waals surface area contributed by atoms with Crippen LogP contribution in [0.15, 0.2) is 21.9 Å². The van der Waals surface area contributed by atoms with Gasteiger partial charge in [-0.25, -0.2) is 4.79 Å². The minimum atomic E-state index is -3.20. The summed E-state index contributed by atoms with van der Waals surface area (Å²) in [6, 6.07) is 1.21. The first-order valence-corrected chi connectivity index (χ1v) is 11.7. The van der Waals surface area contributed by atoms with Crippen molar-refractivity contribution in [1.29, 1.82) is 0 Å². The fraction of sp³-hybridized carbons (Fsp3) is 0.778. The molecule has 1 aromatic rings. The number of nitrogens with one attached hydrogen (secondary N) is 1. The van der Waals surface area contributed by atoms with E-state index < -0.39 is 43.4 Å². The highest BCUT2D eigenvalue weighted by atomic mass is 31.2. The van der Waals surface area contributed by atoms with Crippen molar-refractivity contribution in [2.45, 2.75) is 50.5 Å². The van der Waals surface area contributed by atoms with Gasteiger partial charge in [-0.2, -0.15) is 0 Å². The van der Waals surface area contributed by atoms with Crippen LogP contribution in [0, 0.1) is 0 Å². The second kappa shape index (κ2) is 9.86. The molecule has 12 heteroatoms. The van der Waals surface area contributed by atoms with E-state index in [-0.39, 0.29) is 5.66 Å². The van der Waals surface area contributed by atoms with E-state index in [0.717, 1.165) is 0 Å². The fourth-order valence-corrected chi connectivity index (χ4v) is 6.15. The summed E-state index contributed by atoms with van der Waals surface area (Å²) >= 11 is 0. The maximum atomic E-state index is 13.0. The standard InChI is InChI=1S/C18H30N3O8P/c1-4-27-30(25,28-5-2)12-6-8-20(10-12)11-13-15(23)16(26-3)17(29-13)21-9-7-14(22)19-18(21)24/h7,9,12-13,15-17,23H,4-6,8,10-11H2,1-3H3,(H,19,22,24)/t12?,13-,15-,16-,17-/m1/s1. The molecule has 2 aliphatic rings. The highest BCUT2D eigenvalue weighted by Gasteiger charge is 2.47. The van der Waals surface area contributed by atoms with Crippen LogP contribution in [-0.4, -0.2) is 83.5 Å². The number of aliphatic hydroxyl groups is 1. The molecule has 1 aromatic heterocycles. The van der Waals surface area contributed by atoms with Gasteiger partial charge in [0, 0.05) is 32.5 Å². The molecule has 30 heavy (non-hydrogen) atoms. The maximum absolute atomic E-state index is 13.0. The van der Waals surface area contributed by atoms with E-state index in [1.165, 1.54) is 23.9 Å².